The molecule has 1 rings (SSSR count). The van der Waals surface area contributed by atoms with E-state index in [-0.39, 0.29) is 5.75 Å². The molecule has 1 unspecified atom stereocenters. The van der Waals surface area contributed by atoms with Crippen molar-refractivity contribution in [1.82, 2.24) is 4.90 Å². The number of hydrogen-bond donors (Lipinski definition) is 2. The number of benzene rings is 1. The largest absolute Gasteiger partial charge is 0.508 e. The molecule has 0 radical (unpaired) electrons. The molecule has 0 aromatic heterocycles. The van der Waals surface area contributed by atoms with E-state index in [1.54, 1.807) is 37.1 Å². The van der Waals surface area contributed by atoms with Crippen LogP contribution in [-0.4, -0.2) is 34.2 Å². The second-order valence-corrected chi connectivity index (χ2v) is 3.56. The molecule has 15 heavy (non-hydrogen) atoms. The van der Waals surface area contributed by atoms with Crippen molar-refractivity contribution in [1.29, 1.82) is 0 Å². The molecule has 0 spiro atoms. The van der Waals surface area contributed by atoms with Crippen LogP contribution in [0, 0.1) is 0 Å². The molecular formula is C11H15NO3. The van der Waals surface area contributed by atoms with Gasteiger partial charge in [0.25, 0.3) is 0 Å². The number of carbonyl (C=O) groups is 1. The third-order valence-electron chi connectivity index (χ3n) is 2.43. The van der Waals surface area contributed by atoms with Gasteiger partial charge in [-0.25, -0.2) is 0 Å². The maximum Gasteiger partial charge on any atom is 0.320 e. The van der Waals surface area contributed by atoms with Crippen molar-refractivity contribution in [3.63, 3.8) is 0 Å². The average molecular weight is 209 g/mol. The second kappa shape index (κ2) is 4.79. The molecule has 0 aliphatic carbocycles. The van der Waals surface area contributed by atoms with Crippen LogP contribution in [0.2, 0.25) is 0 Å². The molecule has 4 heteroatoms. The Morgan fingerprint density at radius 3 is 2.60 bits per heavy atom. The van der Waals surface area contributed by atoms with Crippen molar-refractivity contribution >= 4 is 5.97 Å². The van der Waals surface area contributed by atoms with Gasteiger partial charge in [-0.15, -0.1) is 0 Å². The predicted molar refractivity (Wildman–Crippen MR) is 56.7 cm³/mol. The number of rotatable bonds is 4. The standard InChI is InChI=1S/C11H15NO3/c1-8(11(14)15)12(2)7-9-5-3-4-6-10(9)13/h3-6,8,13H,7H2,1-2H3,(H,14,15). The highest BCUT2D eigenvalue weighted by Crippen LogP contribution is 2.17. The number of aromatic hydroxyl groups is 1. The van der Waals surface area contributed by atoms with Crippen LogP contribution in [0.25, 0.3) is 0 Å². The van der Waals surface area contributed by atoms with E-state index in [0.29, 0.717) is 6.54 Å². The van der Waals surface area contributed by atoms with Crippen LogP contribution in [0.4, 0.5) is 0 Å². The number of phenolic OH excluding ortho intramolecular Hbond substituents is 1. The van der Waals surface area contributed by atoms with Crippen LogP contribution < -0.4 is 0 Å². The van der Waals surface area contributed by atoms with Gasteiger partial charge in [-0.3, -0.25) is 9.69 Å². The van der Waals surface area contributed by atoms with Crippen LogP contribution in [0.5, 0.6) is 5.75 Å². The average Bonchev–Trinajstić information content (AvgIpc) is 2.20. The van der Waals surface area contributed by atoms with E-state index in [1.807, 2.05) is 6.07 Å². The Morgan fingerprint density at radius 2 is 2.07 bits per heavy atom. The van der Waals surface area contributed by atoms with E-state index < -0.39 is 12.0 Å². The Kier molecular flexibility index (Phi) is 3.68. The number of likely N-dealkylation sites (N-methyl/N-ethyl adjacent to an activating group) is 1. The lowest BCUT2D eigenvalue weighted by Gasteiger charge is -2.21. The number of aliphatic carboxylic acids is 1. The summed E-state index contributed by atoms with van der Waals surface area (Å²) in [5, 5.41) is 18.3. The summed E-state index contributed by atoms with van der Waals surface area (Å²) in [4.78, 5) is 12.4. The minimum absolute atomic E-state index is 0.196. The quantitative estimate of drug-likeness (QED) is 0.784. The summed E-state index contributed by atoms with van der Waals surface area (Å²) < 4.78 is 0. The molecule has 1 aromatic carbocycles. The lowest BCUT2D eigenvalue weighted by atomic mass is 10.1. The molecule has 0 heterocycles. The van der Waals surface area contributed by atoms with Gasteiger partial charge in [0.15, 0.2) is 0 Å². The molecule has 0 aliphatic rings. The molecule has 0 bridgehead atoms. The van der Waals surface area contributed by atoms with Crippen molar-refractivity contribution in [2.45, 2.75) is 19.5 Å². The second-order valence-electron chi connectivity index (χ2n) is 3.56. The van der Waals surface area contributed by atoms with Gasteiger partial charge in [0.1, 0.15) is 11.8 Å². The first-order valence-electron chi connectivity index (χ1n) is 4.72. The first kappa shape index (κ1) is 11.5. The maximum atomic E-state index is 10.7. The zero-order valence-corrected chi connectivity index (χ0v) is 8.84. The minimum atomic E-state index is -0.868. The fourth-order valence-corrected chi connectivity index (χ4v) is 1.24. The Bertz CT molecular complexity index is 351. The molecule has 0 saturated heterocycles. The highest BCUT2D eigenvalue weighted by molar-refractivity contribution is 5.72. The molecule has 1 aromatic rings. The number of carboxylic acid groups (broad SMARTS) is 1. The van der Waals surface area contributed by atoms with Crippen LogP contribution >= 0.6 is 0 Å². The van der Waals surface area contributed by atoms with E-state index in [1.165, 1.54) is 0 Å². The van der Waals surface area contributed by atoms with Crippen molar-refractivity contribution < 1.29 is 15.0 Å². The number of phenols is 1. The summed E-state index contributed by atoms with van der Waals surface area (Å²) in [6.07, 6.45) is 0. The molecule has 4 nitrogen and oxygen atoms in total. The van der Waals surface area contributed by atoms with Gasteiger partial charge in [-0.2, -0.15) is 0 Å². The predicted octanol–water partition coefficient (Wildman–Crippen LogP) is 1.30. The molecule has 0 saturated carbocycles. The normalized spacial score (nSPS) is 12.7. The van der Waals surface area contributed by atoms with Gasteiger partial charge in [0, 0.05) is 12.1 Å². The van der Waals surface area contributed by atoms with Crippen LogP contribution in [0.15, 0.2) is 24.3 Å². The lowest BCUT2D eigenvalue weighted by molar-refractivity contribution is -0.142. The monoisotopic (exact) mass is 209 g/mol. The Labute approximate surface area is 88.8 Å². The topological polar surface area (TPSA) is 60.8 Å². The molecule has 1 atom stereocenters. The van der Waals surface area contributed by atoms with Crippen LogP contribution in [0.3, 0.4) is 0 Å². The van der Waals surface area contributed by atoms with Crippen molar-refractivity contribution in [2.75, 3.05) is 7.05 Å². The number of carboxylic acids is 1. The number of nitrogens with zero attached hydrogens (tertiary/aromatic N) is 1. The third kappa shape index (κ3) is 2.95. The molecule has 0 fully saturated rings. The molecule has 82 valence electrons. The lowest BCUT2D eigenvalue weighted by Crippen LogP contribution is -2.35. The molecule has 2 N–H and O–H groups in total. The first-order chi connectivity index (χ1) is 7.02. The summed E-state index contributed by atoms with van der Waals surface area (Å²) in [6, 6.07) is 6.35. The third-order valence-corrected chi connectivity index (χ3v) is 2.43. The Hall–Kier alpha value is -1.55. The van der Waals surface area contributed by atoms with Crippen molar-refractivity contribution in [3.05, 3.63) is 29.8 Å². The molecule has 0 amide bonds. The van der Waals surface area contributed by atoms with Gasteiger partial charge < -0.3 is 10.2 Å². The summed E-state index contributed by atoms with van der Waals surface area (Å²) in [5.41, 5.74) is 0.730. The fourth-order valence-electron chi connectivity index (χ4n) is 1.24. The smallest absolute Gasteiger partial charge is 0.320 e. The minimum Gasteiger partial charge on any atom is -0.508 e. The van der Waals surface area contributed by atoms with E-state index >= 15 is 0 Å². The summed E-state index contributed by atoms with van der Waals surface area (Å²) >= 11 is 0. The van der Waals surface area contributed by atoms with Gasteiger partial charge in [-0.05, 0) is 20.0 Å². The SMILES string of the molecule is CC(C(=O)O)N(C)Cc1ccccc1O. The summed E-state index contributed by atoms with van der Waals surface area (Å²) in [6.45, 7) is 2.03. The Balaban J connectivity index is 2.70. The van der Waals surface area contributed by atoms with Gasteiger partial charge in [0.2, 0.25) is 0 Å². The Morgan fingerprint density at radius 1 is 1.47 bits per heavy atom. The zero-order chi connectivity index (χ0) is 11.4. The zero-order valence-electron chi connectivity index (χ0n) is 8.84. The summed E-state index contributed by atoms with van der Waals surface area (Å²) in [7, 11) is 1.71. The van der Waals surface area contributed by atoms with E-state index in [2.05, 4.69) is 0 Å². The van der Waals surface area contributed by atoms with E-state index in [4.69, 9.17) is 5.11 Å². The van der Waals surface area contributed by atoms with Crippen LogP contribution in [-0.2, 0) is 11.3 Å². The maximum absolute atomic E-state index is 10.7. The number of hydrogen-bond acceptors (Lipinski definition) is 3. The van der Waals surface area contributed by atoms with E-state index in [9.17, 15) is 9.90 Å². The van der Waals surface area contributed by atoms with Crippen molar-refractivity contribution in [3.8, 4) is 5.75 Å². The highest BCUT2D eigenvalue weighted by atomic mass is 16.4. The first-order valence-corrected chi connectivity index (χ1v) is 4.72. The molecular weight excluding hydrogens is 194 g/mol. The van der Waals surface area contributed by atoms with Gasteiger partial charge in [0.05, 0.1) is 0 Å². The van der Waals surface area contributed by atoms with Crippen molar-refractivity contribution in [2.24, 2.45) is 0 Å². The highest BCUT2D eigenvalue weighted by Gasteiger charge is 2.17. The summed E-state index contributed by atoms with van der Waals surface area (Å²) in [5.74, 6) is -0.671. The molecule has 0 aliphatic heterocycles. The van der Waals surface area contributed by atoms with E-state index in [0.717, 1.165) is 5.56 Å². The number of para-hydroxylation sites is 1. The van der Waals surface area contributed by atoms with Crippen LogP contribution in [0.1, 0.15) is 12.5 Å². The fraction of sp³-hybridized carbons (Fsp3) is 0.364. The van der Waals surface area contributed by atoms with Gasteiger partial charge in [-0.1, -0.05) is 18.2 Å². The van der Waals surface area contributed by atoms with Gasteiger partial charge >= 0.3 is 5.97 Å².